The molecule has 0 bridgehead atoms. The third-order valence-electron chi connectivity index (χ3n) is 11.0. The molecule has 10 aromatic rings. The van der Waals surface area contributed by atoms with Crippen molar-refractivity contribution in [3.05, 3.63) is 237 Å². The zero-order valence-electron chi connectivity index (χ0n) is 32.9. The first-order valence-corrected chi connectivity index (χ1v) is 20.3. The van der Waals surface area contributed by atoms with Crippen molar-refractivity contribution in [1.82, 2.24) is 15.0 Å². The van der Waals surface area contributed by atoms with Crippen LogP contribution < -0.4 is 0 Å². The van der Waals surface area contributed by atoms with Crippen LogP contribution >= 0.6 is 0 Å². The molecule has 1 aromatic heterocycles. The average Bonchev–Trinajstić information content (AvgIpc) is 3.35. The van der Waals surface area contributed by atoms with Gasteiger partial charge < -0.3 is 0 Å². The van der Waals surface area contributed by atoms with Crippen molar-refractivity contribution in [2.45, 2.75) is 0 Å². The highest BCUT2D eigenvalue weighted by molar-refractivity contribution is 5.91. The molecular weight excluding hydrogens is 727 g/mol. The van der Waals surface area contributed by atoms with Crippen LogP contribution in [0.5, 0.6) is 0 Å². The van der Waals surface area contributed by atoms with Gasteiger partial charge in [0.1, 0.15) is 0 Å². The number of aromatic nitrogens is 3. The van der Waals surface area contributed by atoms with E-state index in [0.29, 0.717) is 17.5 Å². The Morgan fingerprint density at radius 1 is 0.167 bits per heavy atom. The van der Waals surface area contributed by atoms with E-state index in [-0.39, 0.29) is 0 Å². The summed E-state index contributed by atoms with van der Waals surface area (Å²) in [6.45, 7) is 0. The lowest BCUT2D eigenvalue weighted by Crippen LogP contribution is -2.01. The van der Waals surface area contributed by atoms with Crippen LogP contribution in [0.25, 0.3) is 101 Å². The van der Waals surface area contributed by atoms with Gasteiger partial charge in [-0.3, -0.25) is 0 Å². The smallest absolute Gasteiger partial charge is 0.164 e. The molecule has 0 atom stereocenters. The van der Waals surface area contributed by atoms with Gasteiger partial charge in [0.05, 0.1) is 0 Å². The maximum Gasteiger partial charge on any atom is 0.164 e. The zero-order valence-corrected chi connectivity index (χ0v) is 32.9. The molecule has 0 unspecified atom stereocenters. The Bertz CT molecular complexity index is 3070. The van der Waals surface area contributed by atoms with Gasteiger partial charge >= 0.3 is 0 Å². The first-order valence-electron chi connectivity index (χ1n) is 20.3. The van der Waals surface area contributed by atoms with Crippen molar-refractivity contribution >= 4 is 0 Å². The van der Waals surface area contributed by atoms with E-state index in [0.717, 1.165) is 55.6 Å². The number of nitrogens with zero attached hydrogens (tertiary/aromatic N) is 3. The van der Waals surface area contributed by atoms with Crippen molar-refractivity contribution in [1.29, 1.82) is 0 Å². The summed E-state index contributed by atoms with van der Waals surface area (Å²) in [5, 5.41) is 0. The van der Waals surface area contributed by atoms with Crippen molar-refractivity contribution in [3.63, 3.8) is 0 Å². The van der Waals surface area contributed by atoms with Crippen LogP contribution in [0.15, 0.2) is 237 Å². The summed E-state index contributed by atoms with van der Waals surface area (Å²) in [4.78, 5) is 15.8. The summed E-state index contributed by atoms with van der Waals surface area (Å²) in [7, 11) is 0. The molecule has 3 heteroatoms. The Morgan fingerprint density at radius 3 is 0.933 bits per heavy atom. The Hall–Kier alpha value is -8.01. The van der Waals surface area contributed by atoms with E-state index < -0.39 is 0 Å². The van der Waals surface area contributed by atoms with E-state index in [9.17, 15) is 0 Å². The Labute approximate surface area is 351 Å². The monoisotopic (exact) mass is 765 g/mol. The fraction of sp³-hybridized carbons (Fsp3) is 0. The van der Waals surface area contributed by atoms with Crippen LogP contribution in [0.3, 0.4) is 0 Å². The predicted molar refractivity (Wildman–Crippen MR) is 249 cm³/mol. The van der Waals surface area contributed by atoms with Gasteiger partial charge in [0.25, 0.3) is 0 Å². The highest BCUT2D eigenvalue weighted by Gasteiger charge is 2.19. The number of rotatable bonds is 9. The van der Waals surface area contributed by atoms with Crippen molar-refractivity contribution in [2.75, 3.05) is 0 Å². The van der Waals surface area contributed by atoms with E-state index in [1.807, 2.05) is 0 Å². The van der Waals surface area contributed by atoms with Crippen LogP contribution in [0.4, 0.5) is 0 Å². The molecule has 10 rings (SSSR count). The van der Waals surface area contributed by atoms with Gasteiger partial charge in [-0.25, -0.2) is 15.0 Å². The quantitative estimate of drug-likeness (QED) is 0.147. The second-order valence-corrected chi connectivity index (χ2v) is 14.7. The summed E-state index contributed by atoms with van der Waals surface area (Å²) in [5.74, 6) is 1.83. The number of benzene rings is 9. The maximum absolute atomic E-state index is 5.29. The van der Waals surface area contributed by atoms with Gasteiger partial charge in [0, 0.05) is 16.7 Å². The zero-order chi connectivity index (χ0) is 40.1. The number of hydrogen-bond donors (Lipinski definition) is 0. The molecule has 0 aliphatic heterocycles. The molecule has 0 saturated heterocycles. The molecule has 0 saturated carbocycles. The fourth-order valence-corrected chi connectivity index (χ4v) is 8.09. The third kappa shape index (κ3) is 7.32. The Kier molecular flexibility index (Phi) is 9.97. The summed E-state index contributed by atoms with van der Waals surface area (Å²) in [5.41, 5.74) is 16.5. The SMILES string of the molecule is c1ccc(-c2ccccc2-c2ccc(-c3nc(-c4cccc(-c5ccccc5-c5ccccc5)c4)nc(-c4ccccc4-c4ccccc4-c4ccccc4)n3)cc2)cc1. The van der Waals surface area contributed by atoms with Gasteiger partial charge in [0.15, 0.2) is 17.5 Å². The molecule has 0 N–H and O–H groups in total. The molecule has 0 aliphatic carbocycles. The molecule has 0 aliphatic rings. The summed E-state index contributed by atoms with van der Waals surface area (Å²) in [6, 6.07) is 82.9. The van der Waals surface area contributed by atoms with Gasteiger partial charge in [-0.2, -0.15) is 0 Å². The highest BCUT2D eigenvalue weighted by atomic mass is 15.0. The van der Waals surface area contributed by atoms with E-state index in [4.69, 9.17) is 15.0 Å². The standard InChI is InChI=1S/C57H39N3/c1-4-19-40(20-5-1)47-27-10-11-29-49(47)43-35-37-44(38-36-43)55-58-56(46-26-18-25-45(39-46)51-31-13-12-28-48(51)41-21-6-2-7-22-41)60-57(59-55)54-34-17-16-33-53(54)52-32-15-14-30-50(52)42-23-8-3-9-24-42/h1-39H. The minimum Gasteiger partial charge on any atom is -0.208 e. The molecule has 282 valence electrons. The fourth-order valence-electron chi connectivity index (χ4n) is 8.09. The molecular formula is C57H39N3. The second kappa shape index (κ2) is 16.5. The molecule has 60 heavy (non-hydrogen) atoms. The first kappa shape index (κ1) is 36.3. The second-order valence-electron chi connectivity index (χ2n) is 14.7. The lowest BCUT2D eigenvalue weighted by molar-refractivity contribution is 1.07. The molecule has 1 heterocycles. The van der Waals surface area contributed by atoms with Crippen molar-refractivity contribution in [2.24, 2.45) is 0 Å². The van der Waals surface area contributed by atoms with Gasteiger partial charge in [0.2, 0.25) is 0 Å². The average molecular weight is 766 g/mol. The van der Waals surface area contributed by atoms with E-state index in [1.54, 1.807) is 0 Å². The van der Waals surface area contributed by atoms with Crippen molar-refractivity contribution in [3.8, 4) is 101 Å². The maximum atomic E-state index is 5.29. The largest absolute Gasteiger partial charge is 0.208 e. The summed E-state index contributed by atoms with van der Waals surface area (Å²) >= 11 is 0. The molecule has 0 spiro atoms. The molecule has 0 radical (unpaired) electrons. The van der Waals surface area contributed by atoms with Crippen LogP contribution in [-0.2, 0) is 0 Å². The number of hydrogen-bond acceptors (Lipinski definition) is 3. The van der Waals surface area contributed by atoms with Gasteiger partial charge in [-0.1, -0.05) is 231 Å². The topological polar surface area (TPSA) is 38.7 Å². The third-order valence-corrected chi connectivity index (χ3v) is 11.0. The van der Waals surface area contributed by atoms with Crippen molar-refractivity contribution < 1.29 is 0 Å². The normalized spacial score (nSPS) is 11.0. The van der Waals surface area contributed by atoms with Crippen LogP contribution in [0, 0.1) is 0 Å². The van der Waals surface area contributed by atoms with E-state index >= 15 is 0 Å². The Morgan fingerprint density at radius 2 is 0.450 bits per heavy atom. The van der Waals surface area contributed by atoms with Crippen LogP contribution in [-0.4, -0.2) is 15.0 Å². The molecule has 3 nitrogen and oxygen atoms in total. The first-order chi connectivity index (χ1) is 29.8. The summed E-state index contributed by atoms with van der Waals surface area (Å²) in [6.07, 6.45) is 0. The lowest BCUT2D eigenvalue weighted by atomic mass is 9.91. The predicted octanol–water partition coefficient (Wildman–Crippen LogP) is 14.9. The molecule has 0 amide bonds. The van der Waals surface area contributed by atoms with E-state index in [2.05, 4.69) is 237 Å². The van der Waals surface area contributed by atoms with Crippen LogP contribution in [0.2, 0.25) is 0 Å². The molecule has 0 fully saturated rings. The minimum atomic E-state index is 0.610. The summed E-state index contributed by atoms with van der Waals surface area (Å²) < 4.78 is 0. The minimum absolute atomic E-state index is 0.610. The van der Waals surface area contributed by atoms with Gasteiger partial charge in [-0.15, -0.1) is 0 Å². The lowest BCUT2D eigenvalue weighted by Gasteiger charge is -2.15. The van der Waals surface area contributed by atoms with Crippen LogP contribution in [0.1, 0.15) is 0 Å². The highest BCUT2D eigenvalue weighted by Crippen LogP contribution is 2.39. The van der Waals surface area contributed by atoms with E-state index in [1.165, 1.54) is 27.8 Å². The molecule has 9 aromatic carbocycles. The Balaban J connectivity index is 1.12. The van der Waals surface area contributed by atoms with Gasteiger partial charge in [-0.05, 0) is 72.8 Å².